The molecule has 1 amide bonds. The molecule has 0 spiro atoms. The summed E-state index contributed by atoms with van der Waals surface area (Å²) in [5.74, 6) is 0.614. The van der Waals surface area contributed by atoms with Gasteiger partial charge in [0.05, 0.1) is 0 Å². The normalized spacial score (nSPS) is 9.12. The average molecular weight is 151 g/mol. The quantitative estimate of drug-likeness (QED) is 0.479. The van der Waals surface area contributed by atoms with E-state index < -0.39 is 0 Å². The van der Waals surface area contributed by atoms with Crippen molar-refractivity contribution in [1.82, 2.24) is 0 Å². The van der Waals surface area contributed by atoms with Crippen molar-refractivity contribution < 1.29 is 4.79 Å². The number of nitrogens with two attached hydrogens (primary N) is 1. The second-order valence-corrected chi connectivity index (χ2v) is 3.89. The van der Waals surface area contributed by atoms with Crippen molar-refractivity contribution in [3.63, 3.8) is 0 Å². The molecule has 2 N–H and O–H groups in total. The predicted molar refractivity (Wildman–Crippen MR) is 39.8 cm³/mol. The number of primary amides is 1. The molecule has 4 heteroatoms. The van der Waals surface area contributed by atoms with Gasteiger partial charge in [-0.2, -0.15) is 0 Å². The molecule has 0 saturated heterocycles. The molecule has 0 fully saturated rings. The third-order valence-electron chi connectivity index (χ3n) is 0.550. The number of hydrogen-bond acceptors (Lipinski definition) is 3. The Labute approximate surface area is 57.0 Å². The van der Waals surface area contributed by atoms with Crippen molar-refractivity contribution in [2.75, 3.05) is 12.0 Å². The maximum atomic E-state index is 10.1. The summed E-state index contributed by atoms with van der Waals surface area (Å²) in [5, 5.41) is 0. The number of carbonyl (C=O) groups excluding carboxylic acids is 1. The third-order valence-corrected chi connectivity index (χ3v) is 2.36. The van der Waals surface area contributed by atoms with Crippen LogP contribution in [0, 0.1) is 0 Å². The highest BCUT2D eigenvalue weighted by atomic mass is 33.1. The fraction of sp³-hybridized carbons (Fsp3) is 0.750. The van der Waals surface area contributed by atoms with Crippen molar-refractivity contribution in [3.05, 3.63) is 0 Å². The van der Waals surface area contributed by atoms with E-state index in [4.69, 9.17) is 5.73 Å². The van der Waals surface area contributed by atoms with E-state index in [9.17, 15) is 4.79 Å². The lowest BCUT2D eigenvalue weighted by molar-refractivity contribution is -0.117. The molecule has 0 aliphatic rings. The van der Waals surface area contributed by atoms with Gasteiger partial charge < -0.3 is 5.73 Å². The van der Waals surface area contributed by atoms with Crippen LogP contribution in [-0.4, -0.2) is 17.9 Å². The lowest BCUT2D eigenvalue weighted by Gasteiger charge is -1.90. The Kier molecular flexibility index (Phi) is 5.42. The van der Waals surface area contributed by atoms with Crippen molar-refractivity contribution in [1.29, 1.82) is 0 Å². The predicted octanol–water partition coefficient (Wildman–Crippen LogP) is 0.873. The van der Waals surface area contributed by atoms with Crippen molar-refractivity contribution >= 4 is 27.5 Å². The zero-order valence-corrected chi connectivity index (χ0v) is 6.35. The highest BCUT2D eigenvalue weighted by molar-refractivity contribution is 8.76. The summed E-state index contributed by atoms with van der Waals surface area (Å²) in [6.07, 6.45) is 2.47. The maximum Gasteiger partial charge on any atom is 0.218 e. The molecule has 48 valence electrons. The first-order valence-corrected chi connectivity index (χ1v) is 4.94. The molecule has 0 aromatic carbocycles. The van der Waals surface area contributed by atoms with Crippen LogP contribution in [0.4, 0.5) is 0 Å². The van der Waals surface area contributed by atoms with E-state index >= 15 is 0 Å². The second kappa shape index (κ2) is 5.31. The molecular weight excluding hydrogens is 142 g/mol. The Hall–Kier alpha value is 0.170. The van der Waals surface area contributed by atoms with Crippen LogP contribution in [0.5, 0.6) is 0 Å². The van der Waals surface area contributed by atoms with Crippen LogP contribution >= 0.6 is 21.6 Å². The van der Waals surface area contributed by atoms with Crippen LogP contribution in [-0.2, 0) is 4.79 Å². The SMILES string of the molecule is CSSCCC(N)=O. The molecule has 0 aliphatic heterocycles. The summed E-state index contributed by atoms with van der Waals surface area (Å²) in [7, 11) is 3.30. The molecule has 0 atom stereocenters. The van der Waals surface area contributed by atoms with Crippen LogP contribution in [0.15, 0.2) is 0 Å². The van der Waals surface area contributed by atoms with Crippen molar-refractivity contribution in [3.8, 4) is 0 Å². The van der Waals surface area contributed by atoms with Crippen LogP contribution in [0.3, 0.4) is 0 Å². The van der Waals surface area contributed by atoms with E-state index in [0.717, 1.165) is 5.75 Å². The number of rotatable bonds is 4. The first-order valence-electron chi connectivity index (χ1n) is 2.21. The minimum atomic E-state index is -0.216. The summed E-state index contributed by atoms with van der Waals surface area (Å²) >= 11 is 0. The molecule has 2 nitrogen and oxygen atoms in total. The lowest BCUT2D eigenvalue weighted by Crippen LogP contribution is -2.10. The molecular formula is C4H9NOS2. The highest BCUT2D eigenvalue weighted by Crippen LogP contribution is 2.16. The molecule has 0 radical (unpaired) electrons. The molecule has 0 rings (SSSR count). The van der Waals surface area contributed by atoms with Crippen LogP contribution in [0.25, 0.3) is 0 Å². The Morgan fingerprint density at radius 2 is 2.38 bits per heavy atom. The highest BCUT2D eigenvalue weighted by Gasteiger charge is 1.91. The van der Waals surface area contributed by atoms with Gasteiger partial charge in [0.1, 0.15) is 0 Å². The average Bonchev–Trinajstić information content (AvgIpc) is 1.66. The third kappa shape index (κ3) is 6.17. The topological polar surface area (TPSA) is 43.1 Å². The van der Waals surface area contributed by atoms with Gasteiger partial charge >= 0.3 is 0 Å². The van der Waals surface area contributed by atoms with Crippen LogP contribution < -0.4 is 5.73 Å². The molecule has 0 aromatic rings. The first kappa shape index (κ1) is 8.17. The molecule has 0 bridgehead atoms. The van der Waals surface area contributed by atoms with Gasteiger partial charge in [0.25, 0.3) is 0 Å². The van der Waals surface area contributed by atoms with Crippen molar-refractivity contribution in [2.24, 2.45) is 5.73 Å². The summed E-state index contributed by atoms with van der Waals surface area (Å²) < 4.78 is 0. The molecule has 0 unspecified atom stereocenters. The zero-order valence-electron chi connectivity index (χ0n) is 4.72. The van der Waals surface area contributed by atoms with Gasteiger partial charge in [-0.05, 0) is 6.26 Å². The van der Waals surface area contributed by atoms with Gasteiger partial charge in [0.2, 0.25) is 5.91 Å². The van der Waals surface area contributed by atoms with Gasteiger partial charge in [-0.1, -0.05) is 21.6 Å². The summed E-state index contributed by atoms with van der Waals surface area (Å²) in [5.41, 5.74) is 4.87. The first-order chi connectivity index (χ1) is 3.77. The number of carbonyl (C=O) groups is 1. The van der Waals surface area contributed by atoms with E-state index in [1.54, 1.807) is 21.6 Å². The Bertz CT molecular complexity index is 76.4. The van der Waals surface area contributed by atoms with Gasteiger partial charge in [-0.25, -0.2) is 0 Å². The van der Waals surface area contributed by atoms with E-state index in [-0.39, 0.29) is 5.91 Å². The maximum absolute atomic E-state index is 10.1. The van der Waals surface area contributed by atoms with E-state index in [0.29, 0.717) is 6.42 Å². The molecule has 0 aromatic heterocycles. The Balaban J connectivity index is 2.82. The minimum absolute atomic E-state index is 0.216. The van der Waals surface area contributed by atoms with Crippen LogP contribution in [0.2, 0.25) is 0 Å². The summed E-state index contributed by atoms with van der Waals surface area (Å²) in [6, 6.07) is 0. The van der Waals surface area contributed by atoms with E-state index in [1.165, 1.54) is 0 Å². The largest absolute Gasteiger partial charge is 0.370 e. The van der Waals surface area contributed by atoms with Gasteiger partial charge in [0.15, 0.2) is 0 Å². The fourth-order valence-electron chi connectivity index (χ4n) is 0.226. The molecule has 0 aliphatic carbocycles. The van der Waals surface area contributed by atoms with Gasteiger partial charge in [0, 0.05) is 12.2 Å². The Morgan fingerprint density at radius 3 is 2.75 bits per heavy atom. The molecule has 8 heavy (non-hydrogen) atoms. The smallest absolute Gasteiger partial charge is 0.218 e. The molecule has 0 heterocycles. The monoisotopic (exact) mass is 151 g/mol. The van der Waals surface area contributed by atoms with Crippen molar-refractivity contribution in [2.45, 2.75) is 6.42 Å². The Morgan fingerprint density at radius 1 is 1.75 bits per heavy atom. The second-order valence-electron chi connectivity index (χ2n) is 1.20. The summed E-state index contributed by atoms with van der Waals surface area (Å²) in [6.45, 7) is 0. The lowest BCUT2D eigenvalue weighted by atomic mass is 10.5. The van der Waals surface area contributed by atoms with Gasteiger partial charge in [-0.3, -0.25) is 4.79 Å². The number of amides is 1. The minimum Gasteiger partial charge on any atom is -0.370 e. The van der Waals surface area contributed by atoms with Crippen LogP contribution in [0.1, 0.15) is 6.42 Å². The van der Waals surface area contributed by atoms with E-state index in [1.807, 2.05) is 6.26 Å². The fourth-order valence-corrected chi connectivity index (χ4v) is 1.43. The zero-order chi connectivity index (χ0) is 6.41. The summed E-state index contributed by atoms with van der Waals surface area (Å²) in [4.78, 5) is 10.1. The van der Waals surface area contributed by atoms with E-state index in [2.05, 4.69) is 0 Å². The van der Waals surface area contributed by atoms with Gasteiger partial charge in [-0.15, -0.1) is 0 Å². The standard InChI is InChI=1S/C4H9NOS2/c1-7-8-3-2-4(5)6/h2-3H2,1H3,(H2,5,6). The molecule has 0 saturated carbocycles. The number of hydrogen-bond donors (Lipinski definition) is 1.